The molecule has 0 saturated carbocycles. The van der Waals surface area contributed by atoms with Gasteiger partial charge in [0.25, 0.3) is 0 Å². The van der Waals surface area contributed by atoms with Gasteiger partial charge in [0.15, 0.2) is 0 Å². The third kappa shape index (κ3) is 2.67. The lowest BCUT2D eigenvalue weighted by atomic mass is 10.1. The van der Waals surface area contributed by atoms with Crippen molar-refractivity contribution in [2.24, 2.45) is 0 Å². The summed E-state index contributed by atoms with van der Waals surface area (Å²) in [5.74, 6) is 1.49. The van der Waals surface area contributed by atoms with Crippen molar-refractivity contribution in [3.05, 3.63) is 52.1 Å². The molecule has 0 aliphatic carbocycles. The molecular weight excluding hydrogens is 278 g/mol. The van der Waals surface area contributed by atoms with Gasteiger partial charge in [-0.05, 0) is 52.5 Å². The second-order valence-electron chi connectivity index (χ2n) is 3.81. The Balaban J connectivity index is 2.35. The highest BCUT2D eigenvalue weighted by molar-refractivity contribution is 9.10. The van der Waals surface area contributed by atoms with Crippen molar-refractivity contribution >= 4 is 15.9 Å². The first-order valence-electron chi connectivity index (χ1n) is 5.59. The van der Waals surface area contributed by atoms with Gasteiger partial charge >= 0.3 is 0 Å². The van der Waals surface area contributed by atoms with E-state index in [9.17, 15) is 0 Å². The molecule has 1 aromatic carbocycles. The first kappa shape index (κ1) is 12.1. The van der Waals surface area contributed by atoms with Crippen molar-refractivity contribution in [1.82, 2.24) is 4.98 Å². The van der Waals surface area contributed by atoms with Crippen LogP contribution in [-0.4, -0.2) is 4.98 Å². The Hall–Kier alpha value is -1.35. The average molecular weight is 292 g/mol. The summed E-state index contributed by atoms with van der Waals surface area (Å²) in [6.45, 7) is 4.13. The second kappa shape index (κ2) is 5.32. The number of para-hydroxylation sites is 1. The molecule has 0 bridgehead atoms. The number of rotatable bonds is 3. The van der Waals surface area contributed by atoms with E-state index in [4.69, 9.17) is 4.74 Å². The van der Waals surface area contributed by atoms with Crippen molar-refractivity contribution < 1.29 is 4.74 Å². The van der Waals surface area contributed by atoms with Gasteiger partial charge in [-0.15, -0.1) is 0 Å². The van der Waals surface area contributed by atoms with Crippen molar-refractivity contribution in [3.63, 3.8) is 0 Å². The zero-order valence-electron chi connectivity index (χ0n) is 9.90. The van der Waals surface area contributed by atoms with E-state index in [0.717, 1.165) is 22.2 Å². The van der Waals surface area contributed by atoms with Crippen LogP contribution in [0.5, 0.6) is 11.6 Å². The molecule has 0 fully saturated rings. The van der Waals surface area contributed by atoms with Crippen LogP contribution in [0.3, 0.4) is 0 Å². The predicted molar refractivity (Wildman–Crippen MR) is 72.6 cm³/mol. The smallest absolute Gasteiger partial charge is 0.233 e. The Morgan fingerprint density at radius 2 is 2.00 bits per heavy atom. The molecule has 0 atom stereocenters. The first-order chi connectivity index (χ1) is 8.22. The summed E-state index contributed by atoms with van der Waals surface area (Å²) in [6.07, 6.45) is 2.70. The highest BCUT2D eigenvalue weighted by atomic mass is 79.9. The maximum absolute atomic E-state index is 5.85. The number of aromatic nitrogens is 1. The number of pyridine rings is 1. The standard InChI is InChI=1S/C14H14BrNO/c1-3-11-6-4-5-7-12(11)17-14-13(15)10(2)8-9-16-14/h4-9H,3H2,1-2H3. The van der Waals surface area contributed by atoms with E-state index in [-0.39, 0.29) is 0 Å². The zero-order valence-corrected chi connectivity index (χ0v) is 11.5. The summed E-state index contributed by atoms with van der Waals surface area (Å²) in [5, 5.41) is 0. The Bertz CT molecular complexity index is 525. The normalized spacial score (nSPS) is 10.3. The van der Waals surface area contributed by atoms with Crippen LogP contribution in [0.15, 0.2) is 41.0 Å². The Kier molecular flexibility index (Phi) is 3.79. The molecular formula is C14H14BrNO. The molecule has 0 radical (unpaired) electrons. The van der Waals surface area contributed by atoms with E-state index in [0.29, 0.717) is 5.88 Å². The Morgan fingerprint density at radius 3 is 2.76 bits per heavy atom. The summed E-state index contributed by atoms with van der Waals surface area (Å²) in [5.41, 5.74) is 2.30. The van der Waals surface area contributed by atoms with Gasteiger partial charge in [-0.1, -0.05) is 25.1 Å². The third-order valence-corrected chi connectivity index (χ3v) is 3.58. The number of aryl methyl sites for hydroxylation is 2. The maximum atomic E-state index is 5.85. The molecule has 2 nitrogen and oxygen atoms in total. The minimum Gasteiger partial charge on any atom is -0.438 e. The molecule has 0 N–H and O–H groups in total. The van der Waals surface area contributed by atoms with Crippen molar-refractivity contribution in [2.75, 3.05) is 0 Å². The van der Waals surface area contributed by atoms with E-state index in [1.165, 1.54) is 5.56 Å². The summed E-state index contributed by atoms with van der Waals surface area (Å²) >= 11 is 3.50. The van der Waals surface area contributed by atoms with Gasteiger partial charge in [-0.3, -0.25) is 0 Å². The molecule has 3 heteroatoms. The zero-order chi connectivity index (χ0) is 12.3. The summed E-state index contributed by atoms with van der Waals surface area (Å²) in [4.78, 5) is 4.24. The molecule has 0 unspecified atom stereocenters. The Morgan fingerprint density at radius 1 is 1.24 bits per heavy atom. The van der Waals surface area contributed by atoms with Crippen LogP contribution in [0, 0.1) is 6.92 Å². The monoisotopic (exact) mass is 291 g/mol. The van der Waals surface area contributed by atoms with Crippen LogP contribution in [-0.2, 0) is 6.42 Å². The first-order valence-corrected chi connectivity index (χ1v) is 6.38. The fourth-order valence-electron chi connectivity index (χ4n) is 1.59. The minimum absolute atomic E-state index is 0.617. The minimum atomic E-state index is 0.617. The largest absolute Gasteiger partial charge is 0.438 e. The molecule has 0 amide bonds. The lowest BCUT2D eigenvalue weighted by molar-refractivity contribution is 0.454. The number of halogens is 1. The molecule has 0 aliphatic heterocycles. The van der Waals surface area contributed by atoms with Crippen LogP contribution in [0.2, 0.25) is 0 Å². The molecule has 0 saturated heterocycles. The lowest BCUT2D eigenvalue weighted by Gasteiger charge is -2.11. The average Bonchev–Trinajstić information content (AvgIpc) is 2.35. The molecule has 2 aromatic rings. The van der Waals surface area contributed by atoms with Crippen molar-refractivity contribution in [2.45, 2.75) is 20.3 Å². The highest BCUT2D eigenvalue weighted by Crippen LogP contribution is 2.31. The topological polar surface area (TPSA) is 22.1 Å². The van der Waals surface area contributed by atoms with Crippen LogP contribution in [0.25, 0.3) is 0 Å². The van der Waals surface area contributed by atoms with Crippen molar-refractivity contribution in [3.8, 4) is 11.6 Å². The van der Waals surface area contributed by atoms with Crippen LogP contribution in [0.4, 0.5) is 0 Å². The number of hydrogen-bond donors (Lipinski definition) is 0. The van der Waals surface area contributed by atoms with Gasteiger partial charge in [-0.25, -0.2) is 4.98 Å². The SMILES string of the molecule is CCc1ccccc1Oc1nccc(C)c1Br. The number of ether oxygens (including phenoxy) is 1. The van der Waals surface area contributed by atoms with Gasteiger partial charge in [0.05, 0.1) is 4.47 Å². The van der Waals surface area contributed by atoms with E-state index in [1.54, 1.807) is 6.20 Å². The lowest BCUT2D eigenvalue weighted by Crippen LogP contribution is -1.94. The highest BCUT2D eigenvalue weighted by Gasteiger charge is 2.08. The van der Waals surface area contributed by atoms with E-state index >= 15 is 0 Å². The molecule has 2 rings (SSSR count). The quantitative estimate of drug-likeness (QED) is 0.830. The molecule has 17 heavy (non-hydrogen) atoms. The van der Waals surface area contributed by atoms with Crippen LogP contribution >= 0.6 is 15.9 Å². The maximum Gasteiger partial charge on any atom is 0.233 e. The molecule has 0 aliphatic rings. The Labute approximate surface area is 110 Å². The second-order valence-corrected chi connectivity index (χ2v) is 4.60. The van der Waals surface area contributed by atoms with Gasteiger partial charge < -0.3 is 4.74 Å². The summed E-state index contributed by atoms with van der Waals surface area (Å²) in [7, 11) is 0. The fourth-order valence-corrected chi connectivity index (χ4v) is 1.90. The molecule has 88 valence electrons. The predicted octanol–water partition coefficient (Wildman–Crippen LogP) is 4.51. The van der Waals surface area contributed by atoms with E-state index in [1.807, 2.05) is 31.2 Å². The van der Waals surface area contributed by atoms with Gasteiger partial charge in [0, 0.05) is 6.20 Å². The van der Waals surface area contributed by atoms with E-state index < -0.39 is 0 Å². The third-order valence-electron chi connectivity index (χ3n) is 2.61. The van der Waals surface area contributed by atoms with Gasteiger partial charge in [0.1, 0.15) is 5.75 Å². The molecule has 1 aromatic heterocycles. The summed E-state index contributed by atoms with van der Waals surface area (Å²) < 4.78 is 6.76. The number of benzene rings is 1. The van der Waals surface area contributed by atoms with Crippen LogP contribution < -0.4 is 4.74 Å². The number of hydrogen-bond acceptors (Lipinski definition) is 2. The summed E-state index contributed by atoms with van der Waals surface area (Å²) in [6, 6.07) is 9.97. The van der Waals surface area contributed by atoms with Gasteiger partial charge in [0.2, 0.25) is 5.88 Å². The van der Waals surface area contributed by atoms with Crippen LogP contribution in [0.1, 0.15) is 18.1 Å². The molecule has 1 heterocycles. The molecule has 0 spiro atoms. The van der Waals surface area contributed by atoms with Gasteiger partial charge in [-0.2, -0.15) is 0 Å². The fraction of sp³-hybridized carbons (Fsp3) is 0.214. The van der Waals surface area contributed by atoms with Crippen molar-refractivity contribution in [1.29, 1.82) is 0 Å². The van der Waals surface area contributed by atoms with E-state index in [2.05, 4.69) is 33.9 Å². The number of nitrogens with zero attached hydrogens (tertiary/aromatic N) is 1.